The van der Waals surface area contributed by atoms with E-state index in [2.05, 4.69) is 53.7 Å². The monoisotopic (exact) mass is 246 g/mol. The van der Waals surface area contributed by atoms with Crippen molar-refractivity contribution in [2.45, 2.75) is 0 Å². The Balaban J connectivity index is 2.99. The average Bonchev–Trinajstić information content (AvgIpc) is 2.00. The van der Waals surface area contributed by atoms with Crippen molar-refractivity contribution in [2.24, 2.45) is 0 Å². The van der Waals surface area contributed by atoms with Crippen LogP contribution in [0.25, 0.3) is 0 Å². The number of hydrogen-bond acceptors (Lipinski definition) is 0. The highest BCUT2D eigenvalue weighted by molar-refractivity contribution is 6.47. The molecule has 80 valence electrons. The van der Waals surface area contributed by atoms with Gasteiger partial charge in [0.05, 0.1) is 12.4 Å². The van der Waals surface area contributed by atoms with Gasteiger partial charge >= 0.3 is 29.5 Å². The normalized spacial score (nSPS) is 46.9. The Hall–Kier alpha value is 0.0106. The Labute approximate surface area is 95.0 Å². The molecule has 14 heavy (non-hydrogen) atoms. The summed E-state index contributed by atoms with van der Waals surface area (Å²) in [7, 11) is 9.17. The van der Waals surface area contributed by atoms with Crippen molar-refractivity contribution >= 4 is 29.5 Å². The van der Waals surface area contributed by atoms with Gasteiger partial charge < -0.3 is 11.4 Å². The van der Waals surface area contributed by atoms with Crippen molar-refractivity contribution in [3.05, 3.63) is 25.6 Å². The molecule has 0 radical (unpaired) electrons. The molecule has 3 nitrogen and oxygen atoms in total. The average molecular weight is 247 g/mol. The summed E-state index contributed by atoms with van der Waals surface area (Å²) in [5.41, 5.74) is 0. The molecule has 0 saturated carbocycles. The molecule has 0 aromatic heterocycles. The van der Waals surface area contributed by atoms with Crippen LogP contribution in [0.5, 0.6) is 0 Å². The van der Waals surface area contributed by atoms with Gasteiger partial charge in [-0.25, -0.2) is 0 Å². The fourth-order valence-electron chi connectivity index (χ4n) is 2.85. The molecule has 0 amide bonds. The molecule has 0 aromatic rings. The minimum atomic E-state index is -0.179. The van der Waals surface area contributed by atoms with Crippen LogP contribution in [-0.2, 0) is 0 Å². The zero-order valence-electron chi connectivity index (χ0n) is 10.0. The van der Waals surface area contributed by atoms with Crippen molar-refractivity contribution in [1.82, 2.24) is 0 Å². The lowest BCUT2D eigenvalue weighted by Gasteiger charge is -2.50. The van der Waals surface area contributed by atoms with E-state index in [-0.39, 0.29) is 29.5 Å². The van der Waals surface area contributed by atoms with Gasteiger partial charge in [-0.15, -0.1) is 0 Å². The molecule has 2 atom stereocenters. The number of quaternary nitrogens is 3. The van der Waals surface area contributed by atoms with E-state index in [1.54, 1.807) is 0 Å². The highest BCUT2D eigenvalue weighted by Gasteiger charge is 2.49. The molecular formula is C8H24N3Si3+3. The number of hydrogen-bond donors (Lipinski definition) is 0. The largest absolute Gasteiger partial charge is 0.475 e. The third kappa shape index (κ3) is 2.53. The first kappa shape index (κ1) is 12.1. The van der Waals surface area contributed by atoms with Gasteiger partial charge in [-0.3, -0.25) is 0 Å². The first-order chi connectivity index (χ1) is 6.24. The molecule has 0 bridgehead atoms. The van der Waals surface area contributed by atoms with Gasteiger partial charge in [-0.2, -0.15) is 0 Å². The first-order valence-electron chi connectivity index (χ1n) is 5.02. The second-order valence-electron chi connectivity index (χ2n) is 5.68. The lowest BCUT2D eigenvalue weighted by atomic mass is 11.0. The van der Waals surface area contributed by atoms with E-state index in [9.17, 15) is 0 Å². The molecule has 1 rings (SSSR count). The highest BCUT2D eigenvalue weighted by atomic mass is 28.4. The Morgan fingerprint density at radius 1 is 0.786 bits per heavy atom. The molecule has 1 heterocycles. The van der Waals surface area contributed by atoms with Gasteiger partial charge in [0.25, 0.3) is 0 Å². The molecule has 0 aromatic carbocycles. The number of nitrogens with zero attached hydrogens (tertiary/aromatic N) is 3. The summed E-state index contributed by atoms with van der Waals surface area (Å²) < 4.78 is 3.74. The van der Waals surface area contributed by atoms with Crippen LogP contribution in [0.1, 0.15) is 0 Å². The van der Waals surface area contributed by atoms with Gasteiger partial charge in [0.15, 0.2) is 0 Å². The van der Waals surface area contributed by atoms with Crippen molar-refractivity contribution in [2.75, 3.05) is 28.2 Å². The van der Waals surface area contributed by atoms with Gasteiger partial charge in [0.1, 0.15) is 0 Å². The smallest absolute Gasteiger partial charge is 0.365 e. The van der Waals surface area contributed by atoms with Gasteiger partial charge in [-0.05, 0) is 13.2 Å². The quantitative estimate of drug-likeness (QED) is 0.507. The van der Waals surface area contributed by atoms with Crippen LogP contribution in [0, 0.1) is 0 Å². The maximum absolute atomic E-state index is 4.02. The molecule has 0 N–H and O–H groups in total. The van der Waals surface area contributed by atoms with Crippen LogP contribution >= 0.6 is 0 Å². The Morgan fingerprint density at radius 3 is 1.43 bits per heavy atom. The van der Waals surface area contributed by atoms with Crippen molar-refractivity contribution in [3.8, 4) is 0 Å². The predicted octanol–water partition coefficient (Wildman–Crippen LogP) is -1.75. The Kier molecular flexibility index (Phi) is 3.06. The molecule has 1 aliphatic heterocycles. The van der Waals surface area contributed by atoms with E-state index < -0.39 is 0 Å². The van der Waals surface area contributed by atoms with E-state index >= 15 is 0 Å². The lowest BCUT2D eigenvalue weighted by Crippen LogP contribution is -2.77. The molecule has 0 aliphatic carbocycles. The van der Waals surface area contributed by atoms with Crippen LogP contribution in [0.2, 0.25) is 0 Å². The third-order valence-corrected chi connectivity index (χ3v) is 11.7. The van der Waals surface area contributed by atoms with Crippen LogP contribution in [0.15, 0.2) is 25.6 Å². The summed E-state index contributed by atoms with van der Waals surface area (Å²) in [6.07, 6.45) is 4.37. The Morgan fingerprint density at radius 2 is 1.14 bits per heavy atom. The molecule has 1 saturated heterocycles. The van der Waals surface area contributed by atoms with E-state index in [4.69, 9.17) is 0 Å². The third-order valence-electron chi connectivity index (χ3n) is 2.94. The van der Waals surface area contributed by atoms with E-state index in [0.29, 0.717) is 0 Å². The fraction of sp³-hybridized carbons (Fsp3) is 0.500. The topological polar surface area (TPSA) is 0 Å². The molecule has 2 unspecified atom stereocenters. The predicted molar refractivity (Wildman–Crippen MR) is 70.5 cm³/mol. The van der Waals surface area contributed by atoms with Crippen LogP contribution < -0.4 is 0 Å². The number of rotatable bonds is 2. The minimum Gasteiger partial charge on any atom is -0.365 e. The fourth-order valence-corrected chi connectivity index (χ4v) is 20.6. The SMILES string of the molecule is C=C[N+]1(C)[SiH2][N+](C)(C)[SiH2][N+](C)(C=C)[SiH2]1. The maximum Gasteiger partial charge on any atom is 0.475 e. The molecule has 0 spiro atoms. The summed E-state index contributed by atoms with van der Waals surface area (Å²) in [6.45, 7) is 8.05. The first-order valence-corrected chi connectivity index (χ1v) is 8.81. The summed E-state index contributed by atoms with van der Waals surface area (Å²) >= 11 is 0. The van der Waals surface area contributed by atoms with Crippen LogP contribution in [0.3, 0.4) is 0 Å². The van der Waals surface area contributed by atoms with E-state index in [1.807, 2.05) is 0 Å². The minimum absolute atomic E-state index is 0.107. The van der Waals surface area contributed by atoms with Crippen molar-refractivity contribution in [3.63, 3.8) is 0 Å². The summed E-state index contributed by atoms with van der Waals surface area (Å²) in [5, 5.41) is 0. The molecular weight excluding hydrogens is 222 g/mol. The maximum atomic E-state index is 4.02. The van der Waals surface area contributed by atoms with E-state index in [0.717, 1.165) is 0 Å². The second kappa shape index (κ2) is 3.54. The summed E-state index contributed by atoms with van der Waals surface area (Å²) in [5.74, 6) is 0. The van der Waals surface area contributed by atoms with Gasteiger partial charge in [0, 0.05) is 28.2 Å². The summed E-state index contributed by atoms with van der Waals surface area (Å²) in [4.78, 5) is 0. The van der Waals surface area contributed by atoms with Crippen molar-refractivity contribution in [1.29, 1.82) is 0 Å². The van der Waals surface area contributed by atoms with Gasteiger partial charge in [-0.1, -0.05) is 0 Å². The lowest BCUT2D eigenvalue weighted by molar-refractivity contribution is -0.868. The van der Waals surface area contributed by atoms with Crippen LogP contribution in [0.4, 0.5) is 0 Å². The zero-order chi connectivity index (χ0) is 11.0. The van der Waals surface area contributed by atoms with E-state index in [1.165, 1.54) is 11.4 Å². The second-order valence-corrected chi connectivity index (χ2v) is 18.4. The zero-order valence-corrected chi connectivity index (χ0v) is 14.3. The van der Waals surface area contributed by atoms with Crippen LogP contribution in [-0.4, -0.2) is 69.2 Å². The van der Waals surface area contributed by atoms with Crippen molar-refractivity contribution < 1.29 is 11.4 Å². The Bertz CT molecular complexity index is 245. The molecule has 1 fully saturated rings. The summed E-state index contributed by atoms with van der Waals surface area (Å²) in [6, 6.07) is 0. The molecule has 6 heteroatoms. The molecule has 1 aliphatic rings. The standard InChI is InChI=1S/C8H24N3Si3/c1-7-10(5)12-9(3,4)13-11(6,8-2)14-10/h7-8H,1-2,12-14H2,3-6H3/q+3. The highest BCUT2D eigenvalue weighted by Crippen LogP contribution is 2.18. The van der Waals surface area contributed by atoms with Gasteiger partial charge in [0.2, 0.25) is 0 Å².